The maximum atomic E-state index is 5.26. The number of anilines is 1. The molecule has 0 bridgehead atoms. The van der Waals surface area contributed by atoms with Crippen molar-refractivity contribution in [2.45, 2.75) is 22.7 Å². The van der Waals surface area contributed by atoms with Crippen LogP contribution in [0.25, 0.3) is 0 Å². The Morgan fingerprint density at radius 1 is 1.53 bits per heavy atom. The minimum absolute atomic E-state index is 0.371. The van der Waals surface area contributed by atoms with Gasteiger partial charge in [0.15, 0.2) is 4.34 Å². The number of hydrogen-bond donors (Lipinski definition) is 2. The molecule has 6 nitrogen and oxygen atoms in total. The summed E-state index contributed by atoms with van der Waals surface area (Å²) in [7, 11) is 0. The molecule has 2 heterocycles. The number of nitrogen functional groups attached to an aromatic ring is 1. The van der Waals surface area contributed by atoms with Crippen molar-refractivity contribution in [3.8, 4) is 0 Å². The van der Waals surface area contributed by atoms with E-state index in [1.54, 1.807) is 6.20 Å². The molecule has 3 N–H and O–H groups in total. The van der Waals surface area contributed by atoms with E-state index < -0.39 is 0 Å². The van der Waals surface area contributed by atoms with Crippen molar-refractivity contribution in [2.75, 3.05) is 5.43 Å². The lowest BCUT2D eigenvalue weighted by atomic mass is 10.5. The molecule has 0 aliphatic heterocycles. The third-order valence-electron chi connectivity index (χ3n) is 1.79. The molecule has 2 aromatic rings. The number of hydrogen-bond acceptors (Lipinski definition) is 8. The Morgan fingerprint density at radius 3 is 3.00 bits per heavy atom. The van der Waals surface area contributed by atoms with Crippen molar-refractivity contribution in [2.24, 2.45) is 5.84 Å². The quantitative estimate of drug-likeness (QED) is 0.503. The lowest BCUT2D eigenvalue weighted by Gasteiger charge is -2.02. The first-order chi connectivity index (χ1) is 8.22. The molecule has 9 heteroatoms. The van der Waals surface area contributed by atoms with E-state index >= 15 is 0 Å². The molecule has 0 unspecified atom stereocenters. The van der Waals surface area contributed by atoms with Gasteiger partial charge in [0, 0.05) is 12.6 Å². The first-order valence-electron chi connectivity index (χ1n) is 4.72. The summed E-state index contributed by atoms with van der Waals surface area (Å²) in [5.74, 6) is 6.48. The van der Waals surface area contributed by atoms with Crippen LogP contribution in [0.5, 0.6) is 0 Å². The number of hydrazine groups is 1. The number of aromatic nitrogens is 4. The van der Waals surface area contributed by atoms with E-state index in [0.29, 0.717) is 5.95 Å². The van der Waals surface area contributed by atoms with Gasteiger partial charge in [-0.05, 0) is 39.2 Å². The molecule has 2 aromatic heterocycles. The summed E-state index contributed by atoms with van der Waals surface area (Å²) >= 11 is 6.17. The molecule has 0 amide bonds. The van der Waals surface area contributed by atoms with Gasteiger partial charge in [0.2, 0.25) is 5.95 Å². The molecule has 0 saturated heterocycles. The fourth-order valence-corrected chi connectivity index (χ4v) is 3.03. The van der Waals surface area contributed by atoms with Crippen LogP contribution in [0.1, 0.15) is 12.7 Å². The molecule has 0 aliphatic carbocycles. The maximum absolute atomic E-state index is 5.26. The lowest BCUT2D eigenvalue weighted by Crippen LogP contribution is -2.10. The van der Waals surface area contributed by atoms with Crippen molar-refractivity contribution in [1.82, 2.24) is 19.3 Å². The third kappa shape index (κ3) is 3.12. The Kier molecular flexibility index (Phi) is 4.26. The monoisotopic (exact) mass is 332 g/mol. The number of nitrogens with zero attached hydrogens (tertiary/aromatic N) is 4. The summed E-state index contributed by atoms with van der Waals surface area (Å²) in [4.78, 5) is 12.6. The number of halogens is 1. The molecule has 0 atom stereocenters. The van der Waals surface area contributed by atoms with E-state index in [4.69, 9.17) is 5.84 Å². The second-order valence-electron chi connectivity index (χ2n) is 2.92. The minimum Gasteiger partial charge on any atom is -0.292 e. The summed E-state index contributed by atoms with van der Waals surface area (Å²) < 4.78 is 5.87. The predicted molar refractivity (Wildman–Crippen MR) is 71.0 cm³/mol. The highest BCUT2D eigenvalue weighted by molar-refractivity contribution is 9.10. The zero-order valence-corrected chi connectivity index (χ0v) is 12.1. The number of nitrogens with one attached hydrogen (secondary N) is 1. The van der Waals surface area contributed by atoms with Gasteiger partial charge in [0.1, 0.15) is 10.9 Å². The van der Waals surface area contributed by atoms with Gasteiger partial charge < -0.3 is 0 Å². The first-order valence-corrected chi connectivity index (χ1v) is 7.10. The molecule has 17 heavy (non-hydrogen) atoms. The third-order valence-corrected chi connectivity index (χ3v) is 4.43. The SMILES string of the molecule is CCc1nsc(Sc2nc(NN)ncc2Br)n1. The van der Waals surface area contributed by atoms with E-state index in [1.807, 2.05) is 6.92 Å². The summed E-state index contributed by atoms with van der Waals surface area (Å²) in [6, 6.07) is 0. The molecule has 0 radical (unpaired) electrons. The normalized spacial score (nSPS) is 10.5. The summed E-state index contributed by atoms with van der Waals surface area (Å²) in [5.41, 5.74) is 2.41. The van der Waals surface area contributed by atoms with E-state index in [2.05, 4.69) is 40.7 Å². The molecule has 0 spiro atoms. The largest absolute Gasteiger partial charge is 0.292 e. The number of nitrogens with two attached hydrogens (primary N) is 1. The average Bonchev–Trinajstić information content (AvgIpc) is 2.80. The molecule has 2 rings (SSSR count). The van der Waals surface area contributed by atoms with Crippen molar-refractivity contribution < 1.29 is 0 Å². The fraction of sp³-hybridized carbons (Fsp3) is 0.250. The Hall–Kier alpha value is -0.770. The fourth-order valence-electron chi connectivity index (χ4n) is 0.998. The maximum Gasteiger partial charge on any atom is 0.238 e. The zero-order chi connectivity index (χ0) is 12.3. The molecule has 0 aromatic carbocycles. The second-order valence-corrected chi connectivity index (χ2v) is 5.77. The van der Waals surface area contributed by atoms with Crippen LogP contribution >= 0.6 is 39.2 Å². The van der Waals surface area contributed by atoms with Gasteiger partial charge in [-0.25, -0.2) is 20.8 Å². The summed E-state index contributed by atoms with van der Waals surface area (Å²) in [5, 5.41) is 0.756. The average molecular weight is 333 g/mol. The van der Waals surface area contributed by atoms with Crippen molar-refractivity contribution in [3.63, 3.8) is 0 Å². The van der Waals surface area contributed by atoms with Gasteiger partial charge in [0.25, 0.3) is 0 Å². The summed E-state index contributed by atoms with van der Waals surface area (Å²) in [6.07, 6.45) is 2.48. The van der Waals surface area contributed by atoms with Crippen LogP contribution in [0.2, 0.25) is 0 Å². The standard InChI is InChI=1S/C8H9BrN6S2/c1-2-5-12-8(17-15-5)16-6-4(9)3-11-7(13-6)14-10/h3H,2,10H2,1H3,(H,11,13,14). The van der Waals surface area contributed by atoms with Gasteiger partial charge >= 0.3 is 0 Å². The second kappa shape index (κ2) is 5.71. The molecule has 0 saturated carbocycles. The number of rotatable bonds is 4. The van der Waals surface area contributed by atoms with Crippen LogP contribution in [-0.2, 0) is 6.42 Å². The lowest BCUT2D eigenvalue weighted by molar-refractivity contribution is 0.967. The van der Waals surface area contributed by atoms with Gasteiger partial charge in [-0.15, -0.1) is 0 Å². The first kappa shape index (κ1) is 12.7. The van der Waals surface area contributed by atoms with Crippen LogP contribution < -0.4 is 11.3 Å². The van der Waals surface area contributed by atoms with E-state index in [9.17, 15) is 0 Å². The van der Waals surface area contributed by atoms with E-state index in [1.165, 1.54) is 23.3 Å². The topological polar surface area (TPSA) is 89.6 Å². The zero-order valence-electron chi connectivity index (χ0n) is 8.85. The van der Waals surface area contributed by atoms with Crippen molar-refractivity contribution in [1.29, 1.82) is 0 Å². The summed E-state index contributed by atoms with van der Waals surface area (Å²) in [6.45, 7) is 2.02. The van der Waals surface area contributed by atoms with E-state index in [-0.39, 0.29) is 0 Å². The van der Waals surface area contributed by atoms with E-state index in [0.717, 1.165) is 26.1 Å². The van der Waals surface area contributed by atoms with Crippen LogP contribution in [-0.4, -0.2) is 19.3 Å². The van der Waals surface area contributed by atoms with Gasteiger partial charge in [-0.3, -0.25) is 5.43 Å². The minimum atomic E-state index is 0.371. The Labute approximate surface area is 115 Å². The molecular formula is C8H9BrN6S2. The van der Waals surface area contributed by atoms with Crippen molar-refractivity contribution >= 4 is 45.2 Å². The molecule has 90 valence electrons. The van der Waals surface area contributed by atoms with Gasteiger partial charge in [-0.2, -0.15) is 4.37 Å². The highest BCUT2D eigenvalue weighted by Crippen LogP contribution is 2.32. The van der Waals surface area contributed by atoms with Gasteiger partial charge in [-0.1, -0.05) is 6.92 Å². The van der Waals surface area contributed by atoms with Crippen LogP contribution in [0.15, 0.2) is 20.0 Å². The smallest absolute Gasteiger partial charge is 0.238 e. The highest BCUT2D eigenvalue weighted by atomic mass is 79.9. The van der Waals surface area contributed by atoms with Crippen molar-refractivity contribution in [3.05, 3.63) is 16.5 Å². The predicted octanol–water partition coefficient (Wildman–Crippen LogP) is 2.09. The molecule has 0 aliphatic rings. The van der Waals surface area contributed by atoms with Crippen LogP contribution in [0.3, 0.4) is 0 Å². The molecule has 0 fully saturated rings. The highest BCUT2D eigenvalue weighted by Gasteiger charge is 2.10. The number of aryl methyl sites for hydroxylation is 1. The molecular weight excluding hydrogens is 324 g/mol. The Bertz CT molecular complexity index is 516. The van der Waals surface area contributed by atoms with Gasteiger partial charge in [0.05, 0.1) is 4.47 Å². The Morgan fingerprint density at radius 2 is 2.35 bits per heavy atom. The van der Waals surface area contributed by atoms with Crippen LogP contribution in [0, 0.1) is 0 Å². The Balaban J connectivity index is 2.22. The van der Waals surface area contributed by atoms with Crippen LogP contribution in [0.4, 0.5) is 5.95 Å².